The number of rotatable bonds is 5. The van der Waals surface area contributed by atoms with Gasteiger partial charge in [0.05, 0.1) is 14.2 Å². The predicted molar refractivity (Wildman–Crippen MR) is 81.9 cm³/mol. The van der Waals surface area contributed by atoms with E-state index in [1.165, 1.54) is 5.56 Å². The lowest BCUT2D eigenvalue weighted by molar-refractivity contribution is 0.0950. The summed E-state index contributed by atoms with van der Waals surface area (Å²) in [5.41, 5.74) is 2.77. The van der Waals surface area contributed by atoms with Gasteiger partial charge >= 0.3 is 0 Å². The number of hydrogen-bond acceptors (Lipinski definition) is 3. The quantitative estimate of drug-likeness (QED) is 0.918. The molecule has 0 saturated heterocycles. The van der Waals surface area contributed by atoms with Crippen LogP contribution >= 0.6 is 0 Å². The molecule has 0 aliphatic rings. The summed E-state index contributed by atoms with van der Waals surface area (Å²) in [4.78, 5) is 12.2. The molecule has 21 heavy (non-hydrogen) atoms. The van der Waals surface area contributed by atoms with Crippen molar-refractivity contribution in [3.8, 4) is 11.5 Å². The molecule has 0 spiro atoms. The summed E-state index contributed by atoms with van der Waals surface area (Å²) in [6.45, 7) is 2.52. The van der Waals surface area contributed by atoms with E-state index in [1.54, 1.807) is 32.4 Å². The van der Waals surface area contributed by atoms with E-state index in [9.17, 15) is 4.79 Å². The first-order valence-corrected chi connectivity index (χ1v) is 6.69. The third kappa shape index (κ3) is 3.99. The van der Waals surface area contributed by atoms with E-state index in [0.29, 0.717) is 23.6 Å². The summed E-state index contributed by atoms with van der Waals surface area (Å²) in [5, 5.41) is 2.89. The minimum Gasteiger partial charge on any atom is -0.497 e. The molecule has 4 heteroatoms. The number of aryl methyl sites for hydroxylation is 1. The molecule has 0 aliphatic carbocycles. The van der Waals surface area contributed by atoms with Crippen LogP contribution in [0.3, 0.4) is 0 Å². The second-order valence-electron chi connectivity index (χ2n) is 4.77. The van der Waals surface area contributed by atoms with Crippen LogP contribution in [0.25, 0.3) is 0 Å². The van der Waals surface area contributed by atoms with Crippen LogP contribution in [0.4, 0.5) is 0 Å². The Hall–Kier alpha value is -2.49. The highest BCUT2D eigenvalue weighted by Crippen LogP contribution is 2.22. The van der Waals surface area contributed by atoms with Crippen LogP contribution in [0.1, 0.15) is 21.5 Å². The van der Waals surface area contributed by atoms with E-state index in [4.69, 9.17) is 9.47 Å². The van der Waals surface area contributed by atoms with Gasteiger partial charge in [-0.05, 0) is 24.6 Å². The first-order valence-electron chi connectivity index (χ1n) is 6.69. The molecule has 0 fully saturated rings. The highest BCUT2D eigenvalue weighted by atomic mass is 16.5. The van der Waals surface area contributed by atoms with Crippen LogP contribution in [-0.4, -0.2) is 20.1 Å². The fourth-order valence-electron chi connectivity index (χ4n) is 1.93. The zero-order chi connectivity index (χ0) is 15.2. The van der Waals surface area contributed by atoms with E-state index >= 15 is 0 Å². The summed E-state index contributed by atoms with van der Waals surface area (Å²) >= 11 is 0. The van der Waals surface area contributed by atoms with Gasteiger partial charge in [-0.3, -0.25) is 4.79 Å². The smallest absolute Gasteiger partial charge is 0.251 e. The molecule has 110 valence electrons. The Labute approximate surface area is 124 Å². The molecular formula is C17H19NO3. The molecule has 2 rings (SSSR count). The Morgan fingerprint density at radius 1 is 1.00 bits per heavy atom. The van der Waals surface area contributed by atoms with Crippen LogP contribution in [0, 0.1) is 6.92 Å². The summed E-state index contributed by atoms with van der Waals surface area (Å²) in [5.74, 6) is 1.03. The van der Waals surface area contributed by atoms with Crippen LogP contribution in [0.2, 0.25) is 0 Å². The minimum absolute atomic E-state index is 0.159. The lowest BCUT2D eigenvalue weighted by Gasteiger charge is -2.09. The molecule has 2 aromatic rings. The summed E-state index contributed by atoms with van der Waals surface area (Å²) in [7, 11) is 3.12. The molecule has 0 radical (unpaired) electrons. The van der Waals surface area contributed by atoms with Crippen molar-refractivity contribution >= 4 is 5.91 Å². The van der Waals surface area contributed by atoms with Gasteiger partial charge in [-0.15, -0.1) is 0 Å². The number of ether oxygens (including phenoxy) is 2. The molecule has 0 bridgehead atoms. The number of nitrogens with one attached hydrogen (secondary N) is 1. The number of hydrogen-bond donors (Lipinski definition) is 1. The Balaban J connectivity index is 2.07. The van der Waals surface area contributed by atoms with E-state index in [2.05, 4.69) is 5.32 Å². The van der Waals surface area contributed by atoms with Gasteiger partial charge < -0.3 is 14.8 Å². The van der Waals surface area contributed by atoms with Gasteiger partial charge in [0, 0.05) is 18.2 Å². The molecule has 0 aromatic heterocycles. The van der Waals surface area contributed by atoms with E-state index < -0.39 is 0 Å². The molecular weight excluding hydrogens is 266 g/mol. The Kier molecular flexibility index (Phi) is 4.82. The molecule has 1 N–H and O–H groups in total. The molecule has 2 aromatic carbocycles. The van der Waals surface area contributed by atoms with Crippen molar-refractivity contribution in [3.05, 3.63) is 59.2 Å². The molecule has 0 atom stereocenters. The van der Waals surface area contributed by atoms with Gasteiger partial charge in [-0.25, -0.2) is 0 Å². The van der Waals surface area contributed by atoms with Gasteiger partial charge in [0.2, 0.25) is 0 Å². The number of carbonyl (C=O) groups is 1. The maximum Gasteiger partial charge on any atom is 0.251 e. The normalized spacial score (nSPS) is 10.0. The first-order chi connectivity index (χ1) is 10.1. The lowest BCUT2D eigenvalue weighted by atomic mass is 10.1. The standard InChI is InChI=1S/C17H19NO3/c1-12-4-6-13(7-5-12)11-18-17(19)14-8-15(20-2)10-16(9-14)21-3/h4-10H,11H2,1-3H3,(H,18,19). The van der Waals surface area contributed by atoms with E-state index in [1.807, 2.05) is 31.2 Å². The van der Waals surface area contributed by atoms with Crippen molar-refractivity contribution in [2.24, 2.45) is 0 Å². The van der Waals surface area contributed by atoms with Crippen molar-refractivity contribution in [1.29, 1.82) is 0 Å². The highest BCUT2D eigenvalue weighted by Gasteiger charge is 2.09. The van der Waals surface area contributed by atoms with Crippen LogP contribution in [-0.2, 0) is 6.54 Å². The maximum absolute atomic E-state index is 12.2. The Morgan fingerprint density at radius 2 is 1.57 bits per heavy atom. The van der Waals surface area contributed by atoms with Gasteiger partial charge in [0.1, 0.15) is 11.5 Å². The summed E-state index contributed by atoms with van der Waals surface area (Å²) < 4.78 is 10.3. The van der Waals surface area contributed by atoms with Gasteiger partial charge in [0.15, 0.2) is 0 Å². The number of carbonyl (C=O) groups excluding carboxylic acids is 1. The van der Waals surface area contributed by atoms with E-state index in [0.717, 1.165) is 5.56 Å². The third-order valence-electron chi connectivity index (χ3n) is 3.19. The van der Waals surface area contributed by atoms with E-state index in [-0.39, 0.29) is 5.91 Å². The molecule has 4 nitrogen and oxygen atoms in total. The lowest BCUT2D eigenvalue weighted by Crippen LogP contribution is -2.22. The van der Waals surface area contributed by atoms with Crippen molar-refractivity contribution in [2.45, 2.75) is 13.5 Å². The zero-order valence-electron chi connectivity index (χ0n) is 12.5. The van der Waals surface area contributed by atoms with Gasteiger partial charge in [-0.2, -0.15) is 0 Å². The SMILES string of the molecule is COc1cc(OC)cc(C(=O)NCc2ccc(C)cc2)c1. The fraction of sp³-hybridized carbons (Fsp3) is 0.235. The molecule has 0 heterocycles. The molecule has 0 saturated carbocycles. The van der Waals surface area contributed by atoms with Crippen molar-refractivity contribution in [2.75, 3.05) is 14.2 Å². The third-order valence-corrected chi connectivity index (χ3v) is 3.19. The second kappa shape index (κ2) is 6.79. The molecule has 1 amide bonds. The molecule has 0 unspecified atom stereocenters. The topological polar surface area (TPSA) is 47.6 Å². The van der Waals surface area contributed by atoms with Gasteiger partial charge in [-0.1, -0.05) is 29.8 Å². The Morgan fingerprint density at radius 3 is 2.10 bits per heavy atom. The fourth-order valence-corrected chi connectivity index (χ4v) is 1.93. The van der Waals surface area contributed by atoms with Crippen molar-refractivity contribution < 1.29 is 14.3 Å². The van der Waals surface area contributed by atoms with Gasteiger partial charge in [0.25, 0.3) is 5.91 Å². The summed E-state index contributed by atoms with van der Waals surface area (Å²) in [6, 6.07) is 13.2. The molecule has 0 aliphatic heterocycles. The first kappa shape index (κ1) is 14.9. The average molecular weight is 285 g/mol. The minimum atomic E-state index is -0.159. The predicted octanol–water partition coefficient (Wildman–Crippen LogP) is 2.94. The second-order valence-corrected chi connectivity index (χ2v) is 4.77. The average Bonchev–Trinajstić information content (AvgIpc) is 2.53. The van der Waals surface area contributed by atoms with Crippen LogP contribution < -0.4 is 14.8 Å². The number of amides is 1. The van der Waals surface area contributed by atoms with Crippen LogP contribution in [0.15, 0.2) is 42.5 Å². The zero-order valence-corrected chi connectivity index (χ0v) is 12.5. The van der Waals surface area contributed by atoms with Crippen LogP contribution in [0.5, 0.6) is 11.5 Å². The van der Waals surface area contributed by atoms with Crippen molar-refractivity contribution in [1.82, 2.24) is 5.32 Å². The number of methoxy groups -OCH3 is 2. The maximum atomic E-state index is 12.2. The van der Waals surface area contributed by atoms with Crippen molar-refractivity contribution in [3.63, 3.8) is 0 Å². The highest BCUT2D eigenvalue weighted by molar-refractivity contribution is 5.95. The largest absolute Gasteiger partial charge is 0.497 e. The number of benzene rings is 2. The monoisotopic (exact) mass is 285 g/mol. The summed E-state index contributed by atoms with van der Waals surface area (Å²) in [6.07, 6.45) is 0. The Bertz CT molecular complexity index is 598.